The molecule has 0 heterocycles. The second-order valence-electron chi connectivity index (χ2n) is 5.15. The molecule has 1 aromatic rings. The summed E-state index contributed by atoms with van der Waals surface area (Å²) in [5, 5.41) is 3.04. The summed E-state index contributed by atoms with van der Waals surface area (Å²) in [6.45, 7) is 0. The highest BCUT2D eigenvalue weighted by molar-refractivity contribution is 5.95. The third kappa shape index (κ3) is 2.07. The average molecular weight is 230 g/mol. The topological polar surface area (TPSA) is 55.1 Å². The summed E-state index contributed by atoms with van der Waals surface area (Å²) in [6, 6.07) is 6.30. The van der Waals surface area contributed by atoms with Crippen molar-refractivity contribution in [1.29, 1.82) is 0 Å². The predicted octanol–water partition coefficient (Wildman–Crippen LogP) is 1.85. The van der Waals surface area contributed by atoms with Crippen LogP contribution < -0.4 is 11.1 Å². The van der Waals surface area contributed by atoms with Crippen LogP contribution >= 0.6 is 0 Å². The molecule has 0 aliphatic heterocycles. The van der Waals surface area contributed by atoms with Gasteiger partial charge >= 0.3 is 0 Å². The number of nitrogens with one attached hydrogen (secondary N) is 1. The maximum atomic E-state index is 11.9. The minimum Gasteiger partial charge on any atom is -0.327 e. The fourth-order valence-corrected chi connectivity index (χ4v) is 2.64. The first-order chi connectivity index (χ1) is 8.25. The summed E-state index contributed by atoms with van der Waals surface area (Å²) in [5.74, 6) is 0.130. The third-order valence-corrected chi connectivity index (χ3v) is 3.83. The second kappa shape index (κ2) is 4.15. The normalized spacial score (nSPS) is 26.2. The minimum atomic E-state index is 0.0365. The van der Waals surface area contributed by atoms with Gasteiger partial charge in [-0.3, -0.25) is 4.79 Å². The predicted molar refractivity (Wildman–Crippen MR) is 67.8 cm³/mol. The summed E-state index contributed by atoms with van der Waals surface area (Å²) in [4.78, 5) is 11.9. The molecule has 3 heteroatoms. The molecular weight excluding hydrogens is 212 g/mol. The molecule has 1 saturated carbocycles. The molecule has 0 spiro atoms. The van der Waals surface area contributed by atoms with Crippen LogP contribution in [0.5, 0.6) is 0 Å². The van der Waals surface area contributed by atoms with E-state index in [2.05, 4.69) is 11.4 Å². The Morgan fingerprint density at radius 2 is 2.06 bits per heavy atom. The van der Waals surface area contributed by atoms with E-state index in [-0.39, 0.29) is 17.9 Å². The molecule has 3 rings (SSSR count). The number of amides is 1. The smallest absolute Gasteiger partial charge is 0.229 e. The highest BCUT2D eigenvalue weighted by atomic mass is 16.2. The number of fused-ring (bicyclic) bond motifs is 1. The number of hydrogen-bond donors (Lipinski definition) is 2. The zero-order valence-electron chi connectivity index (χ0n) is 9.91. The van der Waals surface area contributed by atoms with Crippen LogP contribution in [-0.4, -0.2) is 11.9 Å². The first kappa shape index (κ1) is 10.8. The van der Waals surface area contributed by atoms with Gasteiger partial charge in [-0.1, -0.05) is 12.1 Å². The molecule has 0 saturated heterocycles. The van der Waals surface area contributed by atoms with Crippen LogP contribution in [0.3, 0.4) is 0 Å². The Kier molecular flexibility index (Phi) is 2.63. The van der Waals surface area contributed by atoms with Crippen molar-refractivity contribution in [3.63, 3.8) is 0 Å². The maximum Gasteiger partial charge on any atom is 0.229 e. The Balaban J connectivity index is 1.80. The molecule has 90 valence electrons. The number of hydrogen-bond acceptors (Lipinski definition) is 2. The minimum absolute atomic E-state index is 0.0365. The highest BCUT2D eigenvalue weighted by Crippen LogP contribution is 2.32. The van der Waals surface area contributed by atoms with Gasteiger partial charge in [-0.25, -0.2) is 0 Å². The van der Waals surface area contributed by atoms with Crippen molar-refractivity contribution in [2.24, 2.45) is 11.7 Å². The Morgan fingerprint density at radius 1 is 1.29 bits per heavy atom. The molecule has 2 aliphatic carbocycles. The summed E-state index contributed by atoms with van der Waals surface area (Å²) in [7, 11) is 0. The fraction of sp³-hybridized carbons (Fsp3) is 0.500. The molecule has 1 aromatic carbocycles. The molecule has 0 bridgehead atoms. The van der Waals surface area contributed by atoms with E-state index in [0.717, 1.165) is 24.9 Å². The van der Waals surface area contributed by atoms with Gasteiger partial charge in [0.1, 0.15) is 0 Å². The summed E-state index contributed by atoms with van der Waals surface area (Å²) in [5.41, 5.74) is 9.44. The van der Waals surface area contributed by atoms with Gasteiger partial charge in [0.25, 0.3) is 0 Å². The van der Waals surface area contributed by atoms with Crippen molar-refractivity contribution in [2.75, 3.05) is 5.32 Å². The molecule has 0 radical (unpaired) electrons. The first-order valence-corrected chi connectivity index (χ1v) is 6.43. The third-order valence-electron chi connectivity index (χ3n) is 3.83. The molecule has 3 nitrogen and oxygen atoms in total. The van der Waals surface area contributed by atoms with Gasteiger partial charge in [0, 0.05) is 11.7 Å². The van der Waals surface area contributed by atoms with Crippen LogP contribution in [0.1, 0.15) is 30.4 Å². The zero-order valence-corrected chi connectivity index (χ0v) is 9.91. The summed E-state index contributed by atoms with van der Waals surface area (Å²) < 4.78 is 0. The van der Waals surface area contributed by atoms with Crippen molar-refractivity contribution in [3.8, 4) is 0 Å². The standard InChI is InChI=1S/C14H18N2O/c15-12-8-11(12)14(17)16-13-7-3-5-9-4-1-2-6-10(9)13/h3,5,7,11-12H,1-2,4,6,8,15H2,(H,16,17). The maximum absolute atomic E-state index is 11.9. The molecule has 2 aliphatic rings. The van der Waals surface area contributed by atoms with Crippen LogP contribution in [0.15, 0.2) is 18.2 Å². The molecule has 1 amide bonds. The quantitative estimate of drug-likeness (QED) is 0.814. The van der Waals surface area contributed by atoms with Gasteiger partial charge in [-0.05, 0) is 49.3 Å². The van der Waals surface area contributed by atoms with Gasteiger partial charge in [0.05, 0.1) is 5.92 Å². The molecule has 17 heavy (non-hydrogen) atoms. The van der Waals surface area contributed by atoms with E-state index in [1.54, 1.807) is 0 Å². The lowest BCUT2D eigenvalue weighted by molar-refractivity contribution is -0.117. The molecule has 0 aromatic heterocycles. The van der Waals surface area contributed by atoms with Gasteiger partial charge < -0.3 is 11.1 Å². The van der Waals surface area contributed by atoms with Crippen LogP contribution in [0.2, 0.25) is 0 Å². The van der Waals surface area contributed by atoms with Crippen LogP contribution in [-0.2, 0) is 17.6 Å². The summed E-state index contributed by atoms with van der Waals surface area (Å²) in [6.07, 6.45) is 5.55. The highest BCUT2D eigenvalue weighted by Gasteiger charge is 2.40. The Labute approximate surface area is 101 Å². The molecule has 2 unspecified atom stereocenters. The van der Waals surface area contributed by atoms with Crippen LogP contribution in [0.25, 0.3) is 0 Å². The monoisotopic (exact) mass is 230 g/mol. The Bertz CT molecular complexity index is 456. The van der Waals surface area contributed by atoms with Crippen molar-refractivity contribution in [2.45, 2.75) is 38.1 Å². The van der Waals surface area contributed by atoms with Crippen LogP contribution in [0, 0.1) is 5.92 Å². The van der Waals surface area contributed by atoms with E-state index >= 15 is 0 Å². The van der Waals surface area contributed by atoms with E-state index in [1.807, 2.05) is 12.1 Å². The molecule has 1 fully saturated rings. The average Bonchev–Trinajstić information content (AvgIpc) is 3.07. The molecule has 2 atom stereocenters. The Morgan fingerprint density at radius 3 is 2.82 bits per heavy atom. The lowest BCUT2D eigenvalue weighted by Crippen LogP contribution is -2.20. The number of aryl methyl sites for hydroxylation is 1. The van der Waals surface area contributed by atoms with Gasteiger partial charge in [-0.15, -0.1) is 0 Å². The van der Waals surface area contributed by atoms with E-state index in [9.17, 15) is 4.79 Å². The molecular formula is C14H18N2O. The second-order valence-corrected chi connectivity index (χ2v) is 5.15. The van der Waals surface area contributed by atoms with E-state index in [0.29, 0.717) is 0 Å². The van der Waals surface area contributed by atoms with E-state index in [4.69, 9.17) is 5.73 Å². The number of benzene rings is 1. The summed E-state index contributed by atoms with van der Waals surface area (Å²) >= 11 is 0. The van der Waals surface area contributed by atoms with E-state index in [1.165, 1.54) is 24.0 Å². The van der Waals surface area contributed by atoms with Crippen LogP contribution in [0.4, 0.5) is 5.69 Å². The SMILES string of the molecule is NC1CC1C(=O)Nc1cccc2c1CCCC2. The lowest BCUT2D eigenvalue weighted by atomic mass is 9.90. The van der Waals surface area contributed by atoms with Gasteiger partial charge in [0.15, 0.2) is 0 Å². The largest absolute Gasteiger partial charge is 0.327 e. The fourth-order valence-electron chi connectivity index (χ4n) is 2.64. The number of carbonyl (C=O) groups is 1. The number of nitrogens with two attached hydrogens (primary N) is 1. The first-order valence-electron chi connectivity index (χ1n) is 6.43. The van der Waals surface area contributed by atoms with E-state index < -0.39 is 0 Å². The van der Waals surface area contributed by atoms with Gasteiger partial charge in [-0.2, -0.15) is 0 Å². The van der Waals surface area contributed by atoms with Crippen molar-refractivity contribution >= 4 is 11.6 Å². The lowest BCUT2D eigenvalue weighted by Gasteiger charge is -2.19. The Hall–Kier alpha value is -1.35. The van der Waals surface area contributed by atoms with Crippen molar-refractivity contribution < 1.29 is 4.79 Å². The number of anilines is 1. The number of carbonyl (C=O) groups excluding carboxylic acids is 1. The zero-order chi connectivity index (χ0) is 11.8. The van der Waals surface area contributed by atoms with Crippen molar-refractivity contribution in [1.82, 2.24) is 0 Å². The van der Waals surface area contributed by atoms with Crippen molar-refractivity contribution in [3.05, 3.63) is 29.3 Å². The molecule has 3 N–H and O–H groups in total. The van der Waals surface area contributed by atoms with Gasteiger partial charge in [0.2, 0.25) is 5.91 Å². The number of rotatable bonds is 2.